The molecule has 0 saturated heterocycles. The third-order valence-corrected chi connectivity index (χ3v) is 3.78. The Labute approximate surface area is 146 Å². The number of hydrogen-bond donors (Lipinski definition) is 1. The fraction of sp³-hybridized carbons (Fsp3) is 0.100. The normalized spacial score (nSPS) is 10.3. The number of aromatic nitrogens is 2. The average molecular weight is 334 g/mol. The quantitative estimate of drug-likeness (QED) is 0.702. The lowest BCUT2D eigenvalue weighted by molar-refractivity contribution is 0.626. The van der Waals surface area contributed by atoms with Crippen LogP contribution >= 0.6 is 0 Å². The monoisotopic (exact) mass is 334 g/mol. The molecule has 0 aliphatic carbocycles. The van der Waals surface area contributed by atoms with Gasteiger partial charge in [0.2, 0.25) is 5.95 Å². The van der Waals surface area contributed by atoms with E-state index in [0.29, 0.717) is 18.3 Å². The maximum Gasteiger partial charge on any atom is 0.224 e. The van der Waals surface area contributed by atoms with Crippen LogP contribution in [0.4, 0.5) is 21.8 Å². The summed E-state index contributed by atoms with van der Waals surface area (Å²) in [4.78, 5) is 10.7. The standard InChI is InChI=1S/C20H19FN4/c1-3-25(18-10-5-4-7-15(18)2)19-11-12-22-20(24-19)23-14-16-8-6-9-17(21)13-16/h3-13H,1,14H2,2H3,(H,22,23,24). The SMILES string of the molecule is C=CN(c1ccnc(NCc2cccc(F)c2)n1)c1ccccc1C. The molecule has 25 heavy (non-hydrogen) atoms. The summed E-state index contributed by atoms with van der Waals surface area (Å²) in [5, 5.41) is 3.12. The topological polar surface area (TPSA) is 41.1 Å². The van der Waals surface area contributed by atoms with Gasteiger partial charge in [-0.05, 0) is 42.3 Å². The summed E-state index contributed by atoms with van der Waals surface area (Å²) in [6, 6.07) is 16.3. The minimum Gasteiger partial charge on any atom is -0.350 e. The van der Waals surface area contributed by atoms with Crippen LogP contribution in [0.2, 0.25) is 0 Å². The highest BCUT2D eigenvalue weighted by Crippen LogP contribution is 2.27. The van der Waals surface area contributed by atoms with Gasteiger partial charge in [-0.25, -0.2) is 9.37 Å². The van der Waals surface area contributed by atoms with Gasteiger partial charge in [0, 0.05) is 24.6 Å². The molecule has 3 aromatic rings. The fourth-order valence-corrected chi connectivity index (χ4v) is 2.55. The summed E-state index contributed by atoms with van der Waals surface area (Å²) >= 11 is 0. The van der Waals surface area contributed by atoms with Crippen LogP contribution in [-0.4, -0.2) is 9.97 Å². The highest BCUT2D eigenvalue weighted by Gasteiger charge is 2.10. The van der Waals surface area contributed by atoms with Gasteiger partial charge < -0.3 is 10.2 Å². The molecular weight excluding hydrogens is 315 g/mol. The molecule has 0 spiro atoms. The van der Waals surface area contributed by atoms with Gasteiger partial charge >= 0.3 is 0 Å². The van der Waals surface area contributed by atoms with Crippen molar-refractivity contribution in [3.8, 4) is 0 Å². The first-order valence-corrected chi connectivity index (χ1v) is 7.96. The maximum atomic E-state index is 13.3. The van der Waals surface area contributed by atoms with Gasteiger partial charge in [0.1, 0.15) is 11.6 Å². The van der Waals surface area contributed by atoms with Crippen LogP contribution < -0.4 is 10.2 Å². The lowest BCUT2D eigenvalue weighted by atomic mass is 10.2. The second-order valence-electron chi connectivity index (χ2n) is 5.56. The number of hydrogen-bond acceptors (Lipinski definition) is 4. The molecule has 126 valence electrons. The third kappa shape index (κ3) is 4.01. The largest absolute Gasteiger partial charge is 0.350 e. The Kier molecular flexibility index (Phi) is 5.04. The summed E-state index contributed by atoms with van der Waals surface area (Å²) < 4.78 is 13.3. The Morgan fingerprint density at radius 2 is 2.00 bits per heavy atom. The fourth-order valence-electron chi connectivity index (χ4n) is 2.55. The van der Waals surface area contributed by atoms with Crippen LogP contribution in [0.3, 0.4) is 0 Å². The number of benzene rings is 2. The predicted molar refractivity (Wildman–Crippen MR) is 99.3 cm³/mol. The van der Waals surface area contributed by atoms with E-state index in [1.54, 1.807) is 18.5 Å². The molecule has 0 unspecified atom stereocenters. The molecule has 5 heteroatoms. The molecule has 1 aromatic heterocycles. The van der Waals surface area contributed by atoms with Crippen molar-refractivity contribution in [2.45, 2.75) is 13.5 Å². The van der Waals surface area contributed by atoms with Crippen molar-refractivity contribution in [1.29, 1.82) is 0 Å². The van der Waals surface area contributed by atoms with Crippen molar-refractivity contribution in [2.24, 2.45) is 0 Å². The third-order valence-electron chi connectivity index (χ3n) is 3.78. The number of rotatable bonds is 6. The first-order chi connectivity index (χ1) is 12.2. The van der Waals surface area contributed by atoms with Crippen LogP contribution in [0, 0.1) is 12.7 Å². The zero-order valence-corrected chi connectivity index (χ0v) is 14.0. The van der Waals surface area contributed by atoms with Gasteiger partial charge in [-0.1, -0.05) is 36.9 Å². The molecule has 4 nitrogen and oxygen atoms in total. The van der Waals surface area contributed by atoms with Gasteiger partial charge in [-0.15, -0.1) is 0 Å². The van der Waals surface area contributed by atoms with E-state index in [-0.39, 0.29) is 5.82 Å². The zero-order valence-electron chi connectivity index (χ0n) is 14.0. The van der Waals surface area contributed by atoms with Crippen LogP contribution in [0.15, 0.2) is 73.6 Å². The second-order valence-corrected chi connectivity index (χ2v) is 5.56. The Bertz CT molecular complexity index is 879. The highest BCUT2D eigenvalue weighted by atomic mass is 19.1. The molecule has 0 aliphatic heterocycles. The smallest absolute Gasteiger partial charge is 0.224 e. The summed E-state index contributed by atoms with van der Waals surface area (Å²) in [6.07, 6.45) is 3.41. The van der Waals surface area contributed by atoms with E-state index in [9.17, 15) is 4.39 Å². The molecule has 1 N–H and O–H groups in total. The van der Waals surface area contributed by atoms with Gasteiger partial charge in [-0.2, -0.15) is 4.98 Å². The second kappa shape index (κ2) is 7.57. The number of para-hydroxylation sites is 1. The molecule has 3 rings (SSSR count). The number of aryl methyl sites for hydroxylation is 1. The van der Waals surface area contributed by atoms with Crippen molar-refractivity contribution in [3.63, 3.8) is 0 Å². The van der Waals surface area contributed by atoms with E-state index in [2.05, 4.69) is 21.9 Å². The first-order valence-electron chi connectivity index (χ1n) is 7.96. The maximum absolute atomic E-state index is 13.3. The highest BCUT2D eigenvalue weighted by molar-refractivity contribution is 5.66. The number of nitrogens with one attached hydrogen (secondary N) is 1. The van der Waals surface area contributed by atoms with Gasteiger partial charge in [-0.3, -0.25) is 0 Å². The van der Waals surface area contributed by atoms with E-state index < -0.39 is 0 Å². The molecule has 0 fully saturated rings. The molecule has 0 bridgehead atoms. The van der Waals surface area contributed by atoms with Gasteiger partial charge in [0.05, 0.1) is 0 Å². The summed E-state index contributed by atoms with van der Waals surface area (Å²) in [5.74, 6) is 0.926. The Balaban J connectivity index is 1.80. The molecule has 0 saturated carbocycles. The van der Waals surface area contributed by atoms with Gasteiger partial charge in [0.25, 0.3) is 0 Å². The van der Waals surface area contributed by atoms with E-state index in [1.165, 1.54) is 12.1 Å². The van der Waals surface area contributed by atoms with Gasteiger partial charge in [0.15, 0.2) is 0 Å². The minimum absolute atomic E-state index is 0.258. The Morgan fingerprint density at radius 3 is 2.76 bits per heavy atom. The van der Waals surface area contributed by atoms with Crippen LogP contribution in [-0.2, 0) is 6.54 Å². The molecule has 0 aliphatic rings. The summed E-state index contributed by atoms with van der Waals surface area (Å²) in [7, 11) is 0. The number of halogens is 1. The molecular formula is C20H19FN4. The zero-order chi connectivity index (χ0) is 17.6. The van der Waals surface area contributed by atoms with Crippen LogP contribution in [0.25, 0.3) is 0 Å². The summed E-state index contributed by atoms with van der Waals surface area (Å²) in [5.41, 5.74) is 2.95. The average Bonchev–Trinajstić information content (AvgIpc) is 2.63. The first kappa shape index (κ1) is 16.6. The Hall–Kier alpha value is -3.21. The lowest BCUT2D eigenvalue weighted by Gasteiger charge is -2.21. The van der Waals surface area contributed by atoms with E-state index >= 15 is 0 Å². The van der Waals surface area contributed by atoms with Crippen molar-refractivity contribution < 1.29 is 4.39 Å². The molecule has 0 amide bonds. The molecule has 0 atom stereocenters. The van der Waals surface area contributed by atoms with Crippen molar-refractivity contribution in [1.82, 2.24) is 9.97 Å². The molecule has 1 heterocycles. The molecule has 0 radical (unpaired) electrons. The summed E-state index contributed by atoms with van der Waals surface area (Å²) in [6.45, 7) is 6.37. The minimum atomic E-state index is -0.258. The number of anilines is 3. The predicted octanol–water partition coefficient (Wildman–Crippen LogP) is 4.82. The van der Waals surface area contributed by atoms with E-state index in [1.807, 2.05) is 48.2 Å². The van der Waals surface area contributed by atoms with Crippen molar-refractivity contribution in [2.75, 3.05) is 10.2 Å². The van der Waals surface area contributed by atoms with Crippen LogP contribution in [0.5, 0.6) is 0 Å². The van der Waals surface area contributed by atoms with E-state index in [4.69, 9.17) is 0 Å². The lowest BCUT2D eigenvalue weighted by Crippen LogP contribution is -2.13. The van der Waals surface area contributed by atoms with Crippen molar-refractivity contribution in [3.05, 3.63) is 90.5 Å². The number of nitrogens with zero attached hydrogens (tertiary/aromatic N) is 3. The molecule has 2 aromatic carbocycles. The van der Waals surface area contributed by atoms with Crippen molar-refractivity contribution >= 4 is 17.5 Å². The van der Waals surface area contributed by atoms with Crippen LogP contribution in [0.1, 0.15) is 11.1 Å². The van der Waals surface area contributed by atoms with E-state index in [0.717, 1.165) is 16.8 Å². The Morgan fingerprint density at radius 1 is 1.16 bits per heavy atom.